The molecule has 0 aliphatic rings. The molecule has 0 radical (unpaired) electrons. The summed E-state index contributed by atoms with van der Waals surface area (Å²) in [4.78, 5) is 13.1. The van der Waals surface area contributed by atoms with Gasteiger partial charge < -0.3 is 10.0 Å². The topological polar surface area (TPSA) is 40.5 Å². The Morgan fingerprint density at radius 2 is 1.75 bits per heavy atom. The second-order valence-electron chi connectivity index (χ2n) is 4.79. The maximum Gasteiger partial charge on any atom is 0.335 e. The number of hydrogen-bond acceptors (Lipinski definition) is 2. The summed E-state index contributed by atoms with van der Waals surface area (Å²) in [6.07, 6.45) is 1.02. The van der Waals surface area contributed by atoms with Gasteiger partial charge in [0, 0.05) is 17.9 Å². The Hall–Kier alpha value is -2.29. The fraction of sp³-hybridized carbons (Fsp3) is 0.235. The normalized spacial score (nSPS) is 10.3. The average molecular weight is 269 g/mol. The number of aromatic carboxylic acids is 1. The molecular weight excluding hydrogens is 250 g/mol. The molecule has 0 heterocycles. The molecule has 0 spiro atoms. The zero-order valence-corrected chi connectivity index (χ0v) is 11.8. The molecular formula is C17H19NO2. The van der Waals surface area contributed by atoms with Crippen LogP contribution in [0.1, 0.15) is 29.3 Å². The fourth-order valence-electron chi connectivity index (χ4n) is 2.26. The molecule has 0 saturated heterocycles. The lowest BCUT2D eigenvalue weighted by molar-refractivity contribution is 0.0697. The SMILES string of the molecule is CCCN(c1ccc(C(=O)O)cc1)c1ccccc1C. The quantitative estimate of drug-likeness (QED) is 0.882. The highest BCUT2D eigenvalue weighted by atomic mass is 16.4. The predicted octanol–water partition coefficient (Wildman–Crippen LogP) is 4.24. The summed E-state index contributed by atoms with van der Waals surface area (Å²) in [5, 5.41) is 8.97. The lowest BCUT2D eigenvalue weighted by Crippen LogP contribution is -2.18. The smallest absolute Gasteiger partial charge is 0.335 e. The number of carboxylic acids is 1. The lowest BCUT2D eigenvalue weighted by Gasteiger charge is -2.26. The van der Waals surface area contributed by atoms with Gasteiger partial charge in [0.05, 0.1) is 5.56 Å². The Kier molecular flexibility index (Phi) is 4.41. The first-order valence-corrected chi connectivity index (χ1v) is 6.80. The number of aryl methyl sites for hydroxylation is 1. The third-order valence-corrected chi connectivity index (χ3v) is 3.28. The molecule has 20 heavy (non-hydrogen) atoms. The first-order chi connectivity index (χ1) is 9.63. The van der Waals surface area contributed by atoms with Crippen LogP contribution in [0.25, 0.3) is 0 Å². The molecule has 0 aliphatic carbocycles. The van der Waals surface area contributed by atoms with Crippen LogP contribution in [0.3, 0.4) is 0 Å². The Morgan fingerprint density at radius 3 is 2.30 bits per heavy atom. The van der Waals surface area contributed by atoms with E-state index in [0.717, 1.165) is 24.3 Å². The van der Waals surface area contributed by atoms with Crippen LogP contribution in [-0.4, -0.2) is 17.6 Å². The van der Waals surface area contributed by atoms with Crippen LogP contribution in [0.2, 0.25) is 0 Å². The highest BCUT2D eigenvalue weighted by molar-refractivity contribution is 5.88. The minimum atomic E-state index is -0.894. The van der Waals surface area contributed by atoms with Crippen LogP contribution in [0.5, 0.6) is 0 Å². The summed E-state index contributed by atoms with van der Waals surface area (Å²) in [5.41, 5.74) is 3.71. The number of carbonyl (C=O) groups is 1. The summed E-state index contributed by atoms with van der Waals surface area (Å²) in [7, 11) is 0. The zero-order chi connectivity index (χ0) is 14.5. The number of nitrogens with zero attached hydrogens (tertiary/aromatic N) is 1. The summed E-state index contributed by atoms with van der Waals surface area (Å²) in [6, 6.07) is 15.3. The van der Waals surface area contributed by atoms with Crippen molar-refractivity contribution in [1.29, 1.82) is 0 Å². The number of rotatable bonds is 5. The average Bonchev–Trinajstić information content (AvgIpc) is 2.46. The molecule has 104 valence electrons. The van der Waals surface area contributed by atoms with E-state index >= 15 is 0 Å². The van der Waals surface area contributed by atoms with Crippen LogP contribution in [0, 0.1) is 6.92 Å². The van der Waals surface area contributed by atoms with Gasteiger partial charge in [-0.25, -0.2) is 4.79 Å². The van der Waals surface area contributed by atoms with Crippen molar-refractivity contribution in [3.63, 3.8) is 0 Å². The molecule has 0 saturated carbocycles. The van der Waals surface area contributed by atoms with Crippen molar-refractivity contribution >= 4 is 17.3 Å². The molecule has 2 rings (SSSR count). The molecule has 3 heteroatoms. The van der Waals surface area contributed by atoms with Gasteiger partial charge in [-0.15, -0.1) is 0 Å². The van der Waals surface area contributed by atoms with Crippen molar-refractivity contribution in [3.05, 3.63) is 59.7 Å². The number of carboxylic acid groups (broad SMARTS) is 1. The Balaban J connectivity index is 2.38. The summed E-state index contributed by atoms with van der Waals surface area (Å²) < 4.78 is 0. The van der Waals surface area contributed by atoms with E-state index in [1.54, 1.807) is 12.1 Å². The first kappa shape index (κ1) is 14.1. The Labute approximate surface area is 119 Å². The summed E-state index contributed by atoms with van der Waals surface area (Å²) >= 11 is 0. The second-order valence-corrected chi connectivity index (χ2v) is 4.79. The minimum absolute atomic E-state index is 0.315. The van der Waals surface area contributed by atoms with E-state index in [9.17, 15) is 4.79 Å². The van der Waals surface area contributed by atoms with Crippen molar-refractivity contribution in [3.8, 4) is 0 Å². The van der Waals surface area contributed by atoms with E-state index in [2.05, 4.69) is 30.9 Å². The van der Waals surface area contributed by atoms with Gasteiger partial charge in [-0.2, -0.15) is 0 Å². The number of para-hydroxylation sites is 1. The molecule has 0 atom stereocenters. The fourth-order valence-corrected chi connectivity index (χ4v) is 2.26. The first-order valence-electron chi connectivity index (χ1n) is 6.80. The van der Waals surface area contributed by atoms with Gasteiger partial charge in [-0.3, -0.25) is 0 Å². The van der Waals surface area contributed by atoms with Crippen LogP contribution >= 0.6 is 0 Å². The van der Waals surface area contributed by atoms with E-state index in [-0.39, 0.29) is 0 Å². The molecule has 0 aliphatic heterocycles. The van der Waals surface area contributed by atoms with E-state index < -0.39 is 5.97 Å². The predicted molar refractivity (Wildman–Crippen MR) is 81.9 cm³/mol. The maximum absolute atomic E-state index is 10.9. The van der Waals surface area contributed by atoms with Crippen molar-refractivity contribution < 1.29 is 9.90 Å². The summed E-state index contributed by atoms with van der Waals surface area (Å²) in [5.74, 6) is -0.894. The standard InChI is InChI=1S/C17H19NO2/c1-3-12-18(16-7-5-4-6-13(16)2)15-10-8-14(9-11-15)17(19)20/h4-11H,3,12H2,1-2H3,(H,19,20). The number of hydrogen-bond donors (Lipinski definition) is 1. The monoisotopic (exact) mass is 269 g/mol. The van der Waals surface area contributed by atoms with Gasteiger partial charge in [0.2, 0.25) is 0 Å². The van der Waals surface area contributed by atoms with Crippen LogP contribution in [0.4, 0.5) is 11.4 Å². The van der Waals surface area contributed by atoms with Crippen molar-refractivity contribution in [2.45, 2.75) is 20.3 Å². The van der Waals surface area contributed by atoms with Crippen LogP contribution in [-0.2, 0) is 0 Å². The van der Waals surface area contributed by atoms with Gasteiger partial charge in [0.1, 0.15) is 0 Å². The maximum atomic E-state index is 10.9. The molecule has 2 aromatic carbocycles. The van der Waals surface area contributed by atoms with Crippen molar-refractivity contribution in [2.75, 3.05) is 11.4 Å². The van der Waals surface area contributed by atoms with Crippen molar-refractivity contribution in [1.82, 2.24) is 0 Å². The molecule has 0 amide bonds. The van der Waals surface area contributed by atoms with Crippen LogP contribution in [0.15, 0.2) is 48.5 Å². The third-order valence-electron chi connectivity index (χ3n) is 3.28. The molecule has 0 fully saturated rings. The zero-order valence-electron chi connectivity index (χ0n) is 11.8. The molecule has 0 aromatic heterocycles. The molecule has 2 aromatic rings. The second kappa shape index (κ2) is 6.24. The van der Waals surface area contributed by atoms with E-state index in [0.29, 0.717) is 5.56 Å². The van der Waals surface area contributed by atoms with Gasteiger partial charge in [-0.05, 0) is 49.2 Å². The minimum Gasteiger partial charge on any atom is -0.478 e. The Bertz CT molecular complexity index is 590. The highest BCUT2D eigenvalue weighted by Crippen LogP contribution is 2.28. The summed E-state index contributed by atoms with van der Waals surface area (Å²) in [6.45, 7) is 5.12. The van der Waals surface area contributed by atoms with Gasteiger partial charge >= 0.3 is 5.97 Å². The van der Waals surface area contributed by atoms with Crippen LogP contribution < -0.4 is 4.90 Å². The van der Waals surface area contributed by atoms with E-state index in [1.807, 2.05) is 24.3 Å². The van der Waals surface area contributed by atoms with E-state index in [1.165, 1.54) is 5.56 Å². The van der Waals surface area contributed by atoms with E-state index in [4.69, 9.17) is 5.11 Å². The molecule has 0 bridgehead atoms. The number of anilines is 2. The Morgan fingerprint density at radius 1 is 1.10 bits per heavy atom. The van der Waals surface area contributed by atoms with Crippen molar-refractivity contribution in [2.24, 2.45) is 0 Å². The molecule has 1 N–H and O–H groups in total. The number of benzene rings is 2. The molecule has 0 unspecified atom stereocenters. The largest absolute Gasteiger partial charge is 0.478 e. The van der Waals surface area contributed by atoms with Gasteiger partial charge in [0.15, 0.2) is 0 Å². The molecule has 3 nitrogen and oxygen atoms in total. The van der Waals surface area contributed by atoms with Gasteiger partial charge in [-0.1, -0.05) is 25.1 Å². The van der Waals surface area contributed by atoms with Gasteiger partial charge in [0.25, 0.3) is 0 Å². The third kappa shape index (κ3) is 2.99. The lowest BCUT2D eigenvalue weighted by atomic mass is 10.1. The highest BCUT2D eigenvalue weighted by Gasteiger charge is 2.11.